The van der Waals surface area contributed by atoms with Crippen molar-refractivity contribution in [1.82, 2.24) is 4.98 Å². The zero-order valence-corrected chi connectivity index (χ0v) is 11.6. The molecule has 1 atom stereocenters. The molecule has 1 aliphatic carbocycles. The van der Waals surface area contributed by atoms with Gasteiger partial charge in [0.15, 0.2) is 0 Å². The van der Waals surface area contributed by atoms with Gasteiger partial charge in [-0.3, -0.25) is 9.78 Å². The van der Waals surface area contributed by atoms with Crippen molar-refractivity contribution in [3.05, 3.63) is 65.5 Å². The van der Waals surface area contributed by atoms with Crippen LogP contribution in [0.1, 0.15) is 41.9 Å². The minimum atomic E-state index is 0.319. The van der Waals surface area contributed by atoms with Gasteiger partial charge in [0.05, 0.1) is 0 Å². The Morgan fingerprint density at radius 1 is 1.20 bits per heavy atom. The highest BCUT2D eigenvalue weighted by Crippen LogP contribution is 2.34. The van der Waals surface area contributed by atoms with Crippen LogP contribution in [0, 0.1) is 0 Å². The summed E-state index contributed by atoms with van der Waals surface area (Å²) in [6, 6.07) is 12.4. The van der Waals surface area contributed by atoms with E-state index in [-0.39, 0.29) is 0 Å². The Hall–Kier alpha value is -1.96. The molecular formula is C18H19NO. The number of carbonyl (C=O) groups is 1. The topological polar surface area (TPSA) is 30.0 Å². The molecule has 1 unspecified atom stereocenters. The van der Waals surface area contributed by atoms with Crippen LogP contribution in [-0.2, 0) is 17.6 Å². The minimum Gasteiger partial charge on any atom is -0.299 e. The van der Waals surface area contributed by atoms with Crippen LogP contribution in [-0.4, -0.2) is 10.8 Å². The Bertz CT molecular complexity index is 591. The van der Waals surface area contributed by atoms with Gasteiger partial charge < -0.3 is 0 Å². The van der Waals surface area contributed by atoms with E-state index in [9.17, 15) is 4.79 Å². The number of fused-ring (bicyclic) bond motifs is 1. The molecule has 0 bridgehead atoms. The Morgan fingerprint density at radius 3 is 2.95 bits per heavy atom. The molecule has 3 rings (SSSR count). The third-order valence-electron chi connectivity index (χ3n) is 4.09. The van der Waals surface area contributed by atoms with Crippen molar-refractivity contribution in [3.63, 3.8) is 0 Å². The van der Waals surface area contributed by atoms with E-state index in [4.69, 9.17) is 0 Å². The number of Topliss-reactive ketones (excluding diaryl/α,β-unsaturated/α-hetero) is 1. The fourth-order valence-corrected chi connectivity index (χ4v) is 3.14. The Balaban J connectivity index is 1.68. The Labute approximate surface area is 119 Å². The van der Waals surface area contributed by atoms with Crippen LogP contribution in [0.4, 0.5) is 0 Å². The van der Waals surface area contributed by atoms with E-state index >= 15 is 0 Å². The van der Waals surface area contributed by atoms with Crippen molar-refractivity contribution in [1.29, 1.82) is 0 Å². The molecule has 1 aliphatic rings. The summed E-state index contributed by atoms with van der Waals surface area (Å²) in [5.74, 6) is 0.726. The van der Waals surface area contributed by atoms with Gasteiger partial charge in [-0.1, -0.05) is 30.3 Å². The standard InChI is InChI=1S/C18H19NO/c20-17(11-14-5-4-10-19-13-14)12-16-8-3-7-15-6-1-2-9-18(15)16/h1-2,4-6,9-10,13,16H,3,7-8,11-12H2. The number of rotatable bonds is 4. The lowest BCUT2D eigenvalue weighted by molar-refractivity contribution is -0.118. The van der Waals surface area contributed by atoms with Gasteiger partial charge in [0.1, 0.15) is 5.78 Å². The number of carbonyl (C=O) groups excluding carboxylic acids is 1. The molecule has 20 heavy (non-hydrogen) atoms. The maximum absolute atomic E-state index is 12.3. The molecule has 0 amide bonds. The predicted molar refractivity (Wildman–Crippen MR) is 79.7 cm³/mol. The largest absolute Gasteiger partial charge is 0.299 e. The van der Waals surface area contributed by atoms with Crippen molar-refractivity contribution in [2.45, 2.75) is 38.0 Å². The quantitative estimate of drug-likeness (QED) is 0.843. The van der Waals surface area contributed by atoms with Gasteiger partial charge in [-0.2, -0.15) is 0 Å². The Morgan fingerprint density at radius 2 is 2.10 bits per heavy atom. The monoisotopic (exact) mass is 265 g/mol. The number of benzene rings is 1. The first-order valence-electron chi connectivity index (χ1n) is 7.31. The molecule has 102 valence electrons. The summed E-state index contributed by atoms with van der Waals surface area (Å²) in [7, 11) is 0. The Kier molecular flexibility index (Phi) is 3.91. The SMILES string of the molecule is O=C(Cc1cccnc1)CC1CCCc2ccccc21. The fourth-order valence-electron chi connectivity index (χ4n) is 3.14. The zero-order chi connectivity index (χ0) is 13.8. The summed E-state index contributed by atoms with van der Waals surface area (Å²) in [6.07, 6.45) is 8.18. The van der Waals surface area contributed by atoms with E-state index in [1.54, 1.807) is 12.4 Å². The van der Waals surface area contributed by atoms with E-state index in [0.717, 1.165) is 18.4 Å². The third-order valence-corrected chi connectivity index (χ3v) is 4.09. The van der Waals surface area contributed by atoms with Crippen LogP contribution in [0.5, 0.6) is 0 Å². The highest BCUT2D eigenvalue weighted by atomic mass is 16.1. The predicted octanol–water partition coefficient (Wildman–Crippen LogP) is 3.70. The number of ketones is 1. The van der Waals surface area contributed by atoms with E-state index in [1.165, 1.54) is 17.5 Å². The first kappa shape index (κ1) is 13.0. The van der Waals surface area contributed by atoms with Crippen molar-refractivity contribution in [2.24, 2.45) is 0 Å². The van der Waals surface area contributed by atoms with Crippen molar-refractivity contribution in [3.8, 4) is 0 Å². The second kappa shape index (κ2) is 6.00. The van der Waals surface area contributed by atoms with E-state index in [2.05, 4.69) is 29.2 Å². The highest BCUT2D eigenvalue weighted by molar-refractivity contribution is 5.81. The normalized spacial score (nSPS) is 17.5. The van der Waals surface area contributed by atoms with Gasteiger partial charge in [-0.15, -0.1) is 0 Å². The van der Waals surface area contributed by atoms with E-state index < -0.39 is 0 Å². The van der Waals surface area contributed by atoms with Gasteiger partial charge in [-0.05, 0) is 47.9 Å². The molecule has 0 saturated heterocycles. The third kappa shape index (κ3) is 2.96. The lowest BCUT2D eigenvalue weighted by Gasteiger charge is -2.24. The second-order valence-corrected chi connectivity index (χ2v) is 5.57. The maximum atomic E-state index is 12.3. The van der Waals surface area contributed by atoms with E-state index in [1.807, 2.05) is 12.1 Å². The van der Waals surface area contributed by atoms with Gasteiger partial charge in [0.25, 0.3) is 0 Å². The summed E-state index contributed by atoms with van der Waals surface area (Å²) in [6.45, 7) is 0. The maximum Gasteiger partial charge on any atom is 0.137 e. The summed E-state index contributed by atoms with van der Waals surface area (Å²) in [5.41, 5.74) is 3.83. The molecule has 0 N–H and O–H groups in total. The first-order chi connectivity index (χ1) is 9.83. The summed E-state index contributed by atoms with van der Waals surface area (Å²) < 4.78 is 0. The zero-order valence-electron chi connectivity index (χ0n) is 11.6. The number of aromatic nitrogens is 1. The molecule has 0 fully saturated rings. The summed E-state index contributed by atoms with van der Waals surface area (Å²) in [5, 5.41) is 0. The molecule has 0 radical (unpaired) electrons. The molecule has 2 nitrogen and oxygen atoms in total. The average molecular weight is 265 g/mol. The smallest absolute Gasteiger partial charge is 0.137 e. The molecule has 1 aromatic heterocycles. The van der Waals surface area contributed by atoms with Crippen LogP contribution in [0.15, 0.2) is 48.8 Å². The number of nitrogens with zero attached hydrogens (tertiary/aromatic N) is 1. The number of hydrogen-bond acceptors (Lipinski definition) is 2. The van der Waals surface area contributed by atoms with Gasteiger partial charge in [0, 0.05) is 25.2 Å². The van der Waals surface area contributed by atoms with Crippen LogP contribution < -0.4 is 0 Å². The minimum absolute atomic E-state index is 0.319. The molecule has 1 aromatic carbocycles. The summed E-state index contributed by atoms with van der Waals surface area (Å²) in [4.78, 5) is 16.3. The average Bonchev–Trinajstić information content (AvgIpc) is 2.48. The van der Waals surface area contributed by atoms with E-state index in [0.29, 0.717) is 24.5 Å². The lowest BCUT2D eigenvalue weighted by atomic mass is 9.80. The molecule has 0 saturated carbocycles. The fraction of sp³-hybridized carbons (Fsp3) is 0.333. The number of aryl methyl sites for hydroxylation is 1. The first-order valence-corrected chi connectivity index (χ1v) is 7.31. The van der Waals surface area contributed by atoms with Crippen molar-refractivity contribution in [2.75, 3.05) is 0 Å². The number of hydrogen-bond donors (Lipinski definition) is 0. The van der Waals surface area contributed by atoms with Crippen molar-refractivity contribution < 1.29 is 4.79 Å². The van der Waals surface area contributed by atoms with Gasteiger partial charge >= 0.3 is 0 Å². The molecule has 0 spiro atoms. The van der Waals surface area contributed by atoms with Crippen LogP contribution >= 0.6 is 0 Å². The molecule has 2 heteroatoms. The van der Waals surface area contributed by atoms with Crippen LogP contribution in [0.2, 0.25) is 0 Å². The number of pyridine rings is 1. The van der Waals surface area contributed by atoms with Crippen molar-refractivity contribution >= 4 is 5.78 Å². The summed E-state index contributed by atoms with van der Waals surface area (Å²) >= 11 is 0. The van der Waals surface area contributed by atoms with Crippen LogP contribution in [0.25, 0.3) is 0 Å². The highest BCUT2D eigenvalue weighted by Gasteiger charge is 2.22. The van der Waals surface area contributed by atoms with Crippen LogP contribution in [0.3, 0.4) is 0 Å². The molecule has 2 aromatic rings. The molecular weight excluding hydrogens is 246 g/mol. The lowest BCUT2D eigenvalue weighted by Crippen LogP contribution is -2.15. The second-order valence-electron chi connectivity index (χ2n) is 5.57. The molecule has 0 aliphatic heterocycles. The van der Waals surface area contributed by atoms with Gasteiger partial charge in [-0.25, -0.2) is 0 Å². The van der Waals surface area contributed by atoms with Gasteiger partial charge in [0.2, 0.25) is 0 Å². The molecule has 1 heterocycles.